The number of hydrogen-bond donors (Lipinski definition) is 1. The van der Waals surface area contributed by atoms with Crippen molar-refractivity contribution in [2.45, 2.75) is 25.7 Å². The number of ether oxygens (including phenoxy) is 1. The predicted octanol–water partition coefficient (Wildman–Crippen LogP) is 6.67. The van der Waals surface area contributed by atoms with Gasteiger partial charge in [0.1, 0.15) is 11.4 Å². The molecular weight excluding hydrogens is 470 g/mol. The highest BCUT2D eigenvalue weighted by molar-refractivity contribution is 9.10. The average Bonchev–Trinajstić information content (AvgIpc) is 2.92. The number of rotatable bonds is 4. The van der Waals surface area contributed by atoms with E-state index in [1.54, 1.807) is 13.8 Å². The van der Waals surface area contributed by atoms with Crippen molar-refractivity contribution >= 4 is 53.7 Å². The monoisotopic (exact) mass is 487 g/mol. The summed E-state index contributed by atoms with van der Waals surface area (Å²) in [5.74, 6) is 0.717. The molecule has 0 radical (unpaired) electrons. The van der Waals surface area contributed by atoms with Crippen molar-refractivity contribution in [2.75, 3.05) is 0 Å². The summed E-state index contributed by atoms with van der Waals surface area (Å²) in [6, 6.07) is 21.9. The molecule has 4 aromatic rings. The van der Waals surface area contributed by atoms with Crippen molar-refractivity contribution in [1.29, 1.82) is 0 Å². The van der Waals surface area contributed by atoms with Gasteiger partial charge in [0.15, 0.2) is 0 Å². The lowest BCUT2D eigenvalue weighted by Gasteiger charge is -2.32. The SMILES string of the molecule is CC(C)(O)C(Oc1ccccc1)n1c2ccc(Br)cc2c2cc(Br)ccc21. The van der Waals surface area contributed by atoms with Crippen LogP contribution in [0, 0.1) is 0 Å². The maximum Gasteiger partial charge on any atom is 0.204 e. The molecule has 1 atom stereocenters. The number of nitrogens with zero attached hydrogens (tertiary/aromatic N) is 1. The largest absolute Gasteiger partial charge is 0.467 e. The zero-order valence-electron chi connectivity index (χ0n) is 15.0. The maximum atomic E-state index is 11.0. The number of aromatic nitrogens is 1. The molecule has 0 saturated carbocycles. The zero-order chi connectivity index (χ0) is 19.2. The van der Waals surface area contributed by atoms with E-state index in [0.717, 1.165) is 30.8 Å². The molecule has 0 fully saturated rings. The van der Waals surface area contributed by atoms with Crippen LogP contribution < -0.4 is 4.74 Å². The molecule has 5 heteroatoms. The van der Waals surface area contributed by atoms with Gasteiger partial charge in [0.2, 0.25) is 6.23 Å². The van der Waals surface area contributed by atoms with Crippen molar-refractivity contribution < 1.29 is 9.84 Å². The highest BCUT2D eigenvalue weighted by Crippen LogP contribution is 2.38. The normalized spacial score (nSPS) is 13.2. The Balaban J connectivity index is 2.01. The fourth-order valence-corrected chi connectivity index (χ4v) is 4.11. The van der Waals surface area contributed by atoms with Gasteiger partial charge in [-0.2, -0.15) is 0 Å². The molecule has 0 amide bonds. The van der Waals surface area contributed by atoms with Gasteiger partial charge in [-0.3, -0.25) is 0 Å². The van der Waals surface area contributed by atoms with E-state index in [2.05, 4.69) is 60.7 Å². The zero-order valence-corrected chi connectivity index (χ0v) is 18.2. The third-order valence-electron chi connectivity index (χ3n) is 4.56. The molecule has 1 N–H and O–H groups in total. The highest BCUT2D eigenvalue weighted by atomic mass is 79.9. The second kappa shape index (κ2) is 6.97. The van der Waals surface area contributed by atoms with Gasteiger partial charge < -0.3 is 14.4 Å². The number of halogens is 2. The lowest BCUT2D eigenvalue weighted by atomic mass is 10.1. The van der Waals surface area contributed by atoms with E-state index in [1.807, 2.05) is 42.5 Å². The van der Waals surface area contributed by atoms with Crippen molar-refractivity contribution in [2.24, 2.45) is 0 Å². The Bertz CT molecular complexity index is 1050. The number of benzene rings is 3. The predicted molar refractivity (Wildman–Crippen MR) is 117 cm³/mol. The molecule has 0 aliphatic carbocycles. The minimum absolute atomic E-state index is 0.595. The lowest BCUT2D eigenvalue weighted by Crippen LogP contribution is -2.37. The highest BCUT2D eigenvalue weighted by Gasteiger charge is 2.33. The summed E-state index contributed by atoms with van der Waals surface area (Å²) in [5.41, 5.74) is 0.915. The van der Waals surface area contributed by atoms with E-state index in [4.69, 9.17) is 4.74 Å². The molecule has 1 heterocycles. The third kappa shape index (κ3) is 3.51. The molecule has 3 aromatic carbocycles. The Morgan fingerprint density at radius 2 is 1.37 bits per heavy atom. The Morgan fingerprint density at radius 3 is 1.85 bits per heavy atom. The van der Waals surface area contributed by atoms with Crippen LogP contribution in [0.25, 0.3) is 21.8 Å². The van der Waals surface area contributed by atoms with Gasteiger partial charge in [-0.15, -0.1) is 0 Å². The van der Waals surface area contributed by atoms with Crippen LogP contribution in [0.15, 0.2) is 75.7 Å². The average molecular weight is 489 g/mol. The number of fused-ring (bicyclic) bond motifs is 3. The lowest BCUT2D eigenvalue weighted by molar-refractivity contribution is -0.0692. The van der Waals surface area contributed by atoms with Crippen LogP contribution in [0.1, 0.15) is 20.1 Å². The number of hydrogen-bond acceptors (Lipinski definition) is 2. The van der Waals surface area contributed by atoms with Crippen molar-refractivity contribution in [3.8, 4) is 5.75 Å². The molecule has 138 valence electrons. The molecule has 0 saturated heterocycles. The van der Waals surface area contributed by atoms with E-state index in [0.29, 0.717) is 5.75 Å². The minimum Gasteiger partial charge on any atom is -0.467 e. The second-order valence-corrected chi connectivity index (χ2v) is 8.96. The van der Waals surface area contributed by atoms with Gasteiger partial charge in [0.05, 0.1) is 11.0 Å². The van der Waals surface area contributed by atoms with Crippen molar-refractivity contribution in [3.63, 3.8) is 0 Å². The van der Waals surface area contributed by atoms with Crippen LogP contribution >= 0.6 is 31.9 Å². The van der Waals surface area contributed by atoms with E-state index < -0.39 is 11.8 Å². The third-order valence-corrected chi connectivity index (χ3v) is 5.54. The van der Waals surface area contributed by atoms with Crippen LogP contribution in [-0.4, -0.2) is 15.3 Å². The van der Waals surface area contributed by atoms with Crippen molar-refractivity contribution in [3.05, 3.63) is 75.7 Å². The molecular formula is C22H19Br2NO2. The number of aliphatic hydroxyl groups is 1. The van der Waals surface area contributed by atoms with E-state index in [-0.39, 0.29) is 0 Å². The topological polar surface area (TPSA) is 34.4 Å². The summed E-state index contributed by atoms with van der Waals surface area (Å²) >= 11 is 7.15. The first-order valence-corrected chi connectivity index (χ1v) is 10.3. The molecule has 0 aliphatic rings. The molecule has 27 heavy (non-hydrogen) atoms. The molecule has 1 aromatic heterocycles. The molecule has 0 spiro atoms. The minimum atomic E-state index is -1.10. The van der Waals surface area contributed by atoms with Crippen LogP contribution in [0.3, 0.4) is 0 Å². The Labute approximate surface area is 174 Å². The molecule has 4 rings (SSSR count). The number of para-hydroxylation sites is 1. The van der Waals surface area contributed by atoms with Gasteiger partial charge in [-0.1, -0.05) is 50.1 Å². The Morgan fingerprint density at radius 1 is 0.852 bits per heavy atom. The molecule has 0 bridgehead atoms. The van der Waals surface area contributed by atoms with Gasteiger partial charge in [-0.05, 0) is 62.4 Å². The van der Waals surface area contributed by atoms with Crippen molar-refractivity contribution in [1.82, 2.24) is 4.57 Å². The fourth-order valence-electron chi connectivity index (χ4n) is 3.39. The van der Waals surface area contributed by atoms with Crippen LogP contribution in [0.2, 0.25) is 0 Å². The fraction of sp³-hybridized carbons (Fsp3) is 0.182. The summed E-state index contributed by atoms with van der Waals surface area (Å²) in [4.78, 5) is 0. The standard InChI is InChI=1S/C22H19Br2NO2/c1-22(2,26)21(27-16-6-4-3-5-7-16)25-19-10-8-14(23)12-17(19)18-13-15(24)9-11-20(18)25/h3-13,21,26H,1-2H3. The summed E-state index contributed by atoms with van der Waals surface area (Å²) in [7, 11) is 0. The molecule has 3 nitrogen and oxygen atoms in total. The molecule has 0 aliphatic heterocycles. The summed E-state index contributed by atoms with van der Waals surface area (Å²) in [5, 5.41) is 13.2. The Kier molecular flexibility index (Phi) is 4.78. The van der Waals surface area contributed by atoms with E-state index in [1.165, 1.54) is 0 Å². The maximum absolute atomic E-state index is 11.0. The Hall–Kier alpha value is -1.82. The first-order valence-electron chi connectivity index (χ1n) is 8.67. The van der Waals surface area contributed by atoms with Crippen LogP contribution in [-0.2, 0) is 0 Å². The van der Waals surface area contributed by atoms with Crippen LogP contribution in [0.4, 0.5) is 0 Å². The van der Waals surface area contributed by atoms with Crippen LogP contribution in [0.5, 0.6) is 5.75 Å². The second-order valence-electron chi connectivity index (χ2n) is 7.13. The van der Waals surface area contributed by atoms with Gasteiger partial charge in [0, 0.05) is 19.7 Å². The van der Waals surface area contributed by atoms with Gasteiger partial charge in [-0.25, -0.2) is 0 Å². The quantitative estimate of drug-likeness (QED) is 0.348. The summed E-state index contributed by atoms with van der Waals surface area (Å²) < 4.78 is 10.4. The van der Waals surface area contributed by atoms with Gasteiger partial charge in [0.25, 0.3) is 0 Å². The van der Waals surface area contributed by atoms with E-state index >= 15 is 0 Å². The first kappa shape index (κ1) is 18.5. The first-order chi connectivity index (χ1) is 12.8. The molecule has 1 unspecified atom stereocenters. The van der Waals surface area contributed by atoms with Gasteiger partial charge >= 0.3 is 0 Å². The smallest absolute Gasteiger partial charge is 0.204 e. The van der Waals surface area contributed by atoms with E-state index in [9.17, 15) is 5.11 Å². The summed E-state index contributed by atoms with van der Waals surface area (Å²) in [6.07, 6.45) is -0.595. The summed E-state index contributed by atoms with van der Waals surface area (Å²) in [6.45, 7) is 3.55.